The number of hydrogen-bond acceptors (Lipinski definition) is 3. The third-order valence-corrected chi connectivity index (χ3v) is 5.72. The highest BCUT2D eigenvalue weighted by Crippen LogP contribution is 2.30. The molecule has 4 heteroatoms. The van der Waals surface area contributed by atoms with Gasteiger partial charge in [-0.05, 0) is 43.0 Å². The molecule has 0 saturated heterocycles. The van der Waals surface area contributed by atoms with E-state index in [1.807, 2.05) is 37.3 Å². The number of unbranched alkanes of at least 4 members (excludes halogenated alkanes) is 9. The molecule has 0 spiro atoms. The molecule has 2 aromatic carbocycles. The maximum absolute atomic E-state index is 10.9. The standard InChI is InChI=1S/C25H35N3O/c1-3-4-5-6-7-8-9-10-11-12-15-21-19-18-20(2)24(25(21)29)28-26-22-16-13-14-17-23(22)27-28/h13-14,16-19,29H,3-12,15H2,1-2H3. The Morgan fingerprint density at radius 2 is 1.31 bits per heavy atom. The second kappa shape index (κ2) is 11.0. The molecule has 29 heavy (non-hydrogen) atoms. The van der Waals surface area contributed by atoms with E-state index in [9.17, 15) is 5.11 Å². The first-order valence-electron chi connectivity index (χ1n) is 11.3. The van der Waals surface area contributed by atoms with Crippen molar-refractivity contribution in [2.75, 3.05) is 0 Å². The zero-order valence-corrected chi connectivity index (χ0v) is 18.0. The Kier molecular flexibility index (Phi) is 8.09. The molecule has 0 amide bonds. The largest absolute Gasteiger partial charge is 0.505 e. The first-order valence-corrected chi connectivity index (χ1v) is 11.3. The van der Waals surface area contributed by atoms with Crippen molar-refractivity contribution in [3.05, 3.63) is 47.5 Å². The quantitative estimate of drug-likeness (QED) is 0.341. The summed E-state index contributed by atoms with van der Waals surface area (Å²) in [6, 6.07) is 11.9. The highest BCUT2D eigenvalue weighted by atomic mass is 16.3. The molecule has 0 saturated carbocycles. The molecular formula is C25H35N3O. The minimum Gasteiger partial charge on any atom is -0.505 e. The van der Waals surface area contributed by atoms with Crippen molar-refractivity contribution in [2.45, 2.75) is 84.5 Å². The number of phenols is 1. The van der Waals surface area contributed by atoms with Gasteiger partial charge in [0.25, 0.3) is 0 Å². The smallest absolute Gasteiger partial charge is 0.146 e. The van der Waals surface area contributed by atoms with E-state index in [2.05, 4.69) is 23.2 Å². The molecule has 0 aliphatic carbocycles. The lowest BCUT2D eigenvalue weighted by Gasteiger charge is -2.12. The predicted octanol–water partition coefficient (Wildman–Crippen LogP) is 6.90. The average molecular weight is 394 g/mol. The fourth-order valence-corrected chi connectivity index (χ4v) is 3.94. The van der Waals surface area contributed by atoms with Gasteiger partial charge in [0.1, 0.15) is 22.5 Å². The van der Waals surface area contributed by atoms with Crippen molar-refractivity contribution in [3.8, 4) is 11.4 Å². The van der Waals surface area contributed by atoms with Crippen LogP contribution in [-0.2, 0) is 6.42 Å². The van der Waals surface area contributed by atoms with Crippen LogP contribution in [0.3, 0.4) is 0 Å². The average Bonchev–Trinajstić information content (AvgIpc) is 3.14. The highest BCUT2D eigenvalue weighted by molar-refractivity contribution is 5.74. The third kappa shape index (κ3) is 5.81. The number of hydrogen-bond donors (Lipinski definition) is 1. The fourth-order valence-electron chi connectivity index (χ4n) is 3.94. The maximum Gasteiger partial charge on any atom is 0.146 e. The van der Waals surface area contributed by atoms with E-state index in [1.54, 1.807) is 4.80 Å². The van der Waals surface area contributed by atoms with Gasteiger partial charge in [-0.25, -0.2) is 0 Å². The summed E-state index contributed by atoms with van der Waals surface area (Å²) in [6.45, 7) is 4.26. The summed E-state index contributed by atoms with van der Waals surface area (Å²) in [6.07, 6.45) is 14.1. The molecular weight excluding hydrogens is 358 g/mol. The van der Waals surface area contributed by atoms with Crippen molar-refractivity contribution in [3.63, 3.8) is 0 Å². The van der Waals surface area contributed by atoms with Gasteiger partial charge in [0.15, 0.2) is 0 Å². The van der Waals surface area contributed by atoms with Gasteiger partial charge in [0.05, 0.1) is 0 Å². The third-order valence-electron chi connectivity index (χ3n) is 5.72. The number of aromatic nitrogens is 3. The lowest BCUT2D eigenvalue weighted by atomic mass is 10.0. The lowest BCUT2D eigenvalue weighted by molar-refractivity contribution is 0.458. The van der Waals surface area contributed by atoms with E-state index >= 15 is 0 Å². The molecule has 0 fully saturated rings. The van der Waals surface area contributed by atoms with E-state index in [1.165, 1.54) is 57.8 Å². The molecule has 3 aromatic rings. The summed E-state index contributed by atoms with van der Waals surface area (Å²) >= 11 is 0. The lowest BCUT2D eigenvalue weighted by Crippen LogP contribution is -2.03. The van der Waals surface area contributed by atoms with E-state index in [0.717, 1.165) is 35.0 Å². The van der Waals surface area contributed by atoms with Gasteiger partial charge in [-0.3, -0.25) is 0 Å². The number of fused-ring (bicyclic) bond motifs is 1. The van der Waals surface area contributed by atoms with Crippen molar-refractivity contribution < 1.29 is 5.11 Å². The fraction of sp³-hybridized carbons (Fsp3) is 0.520. The Labute approximate surface area is 175 Å². The van der Waals surface area contributed by atoms with E-state index in [0.29, 0.717) is 11.4 Å². The Balaban J connectivity index is 1.52. The molecule has 0 atom stereocenters. The van der Waals surface area contributed by atoms with Crippen LogP contribution >= 0.6 is 0 Å². The Bertz CT molecular complexity index is 867. The summed E-state index contributed by atoms with van der Waals surface area (Å²) in [5.41, 5.74) is 4.35. The number of phenolic OH excluding ortho intramolecular Hbond substituents is 1. The molecule has 156 valence electrons. The Hall–Kier alpha value is -2.36. The number of rotatable bonds is 12. The number of aryl methyl sites for hydroxylation is 2. The maximum atomic E-state index is 10.9. The number of nitrogens with zero attached hydrogens (tertiary/aromatic N) is 3. The van der Waals surface area contributed by atoms with Crippen LogP contribution < -0.4 is 0 Å². The van der Waals surface area contributed by atoms with Crippen molar-refractivity contribution in [1.82, 2.24) is 15.0 Å². The van der Waals surface area contributed by atoms with Crippen LogP contribution in [0.25, 0.3) is 16.7 Å². The first-order chi connectivity index (χ1) is 14.2. The van der Waals surface area contributed by atoms with Crippen LogP contribution in [0.5, 0.6) is 5.75 Å². The van der Waals surface area contributed by atoms with E-state index in [-0.39, 0.29) is 0 Å². The molecule has 0 bridgehead atoms. The molecule has 0 radical (unpaired) electrons. The van der Waals surface area contributed by atoms with Gasteiger partial charge in [-0.15, -0.1) is 15.0 Å². The predicted molar refractivity (Wildman–Crippen MR) is 121 cm³/mol. The van der Waals surface area contributed by atoms with Gasteiger partial charge in [-0.2, -0.15) is 0 Å². The minimum absolute atomic E-state index is 0.321. The second-order valence-corrected chi connectivity index (χ2v) is 8.15. The molecule has 1 N–H and O–H groups in total. The summed E-state index contributed by atoms with van der Waals surface area (Å²) in [5, 5.41) is 20.0. The summed E-state index contributed by atoms with van der Waals surface area (Å²) in [5.74, 6) is 0.321. The van der Waals surface area contributed by atoms with Crippen LogP contribution in [-0.4, -0.2) is 20.1 Å². The summed E-state index contributed by atoms with van der Waals surface area (Å²) < 4.78 is 0. The molecule has 3 rings (SSSR count). The molecule has 0 unspecified atom stereocenters. The zero-order chi connectivity index (χ0) is 20.5. The van der Waals surface area contributed by atoms with Crippen molar-refractivity contribution >= 4 is 11.0 Å². The van der Waals surface area contributed by atoms with Crippen molar-refractivity contribution in [2.24, 2.45) is 0 Å². The van der Waals surface area contributed by atoms with Crippen LogP contribution in [0.4, 0.5) is 0 Å². The second-order valence-electron chi connectivity index (χ2n) is 8.15. The normalized spacial score (nSPS) is 11.4. The van der Waals surface area contributed by atoms with Gasteiger partial charge in [-0.1, -0.05) is 89.0 Å². The van der Waals surface area contributed by atoms with Crippen LogP contribution in [0.2, 0.25) is 0 Å². The highest BCUT2D eigenvalue weighted by Gasteiger charge is 2.15. The molecule has 0 aliphatic heterocycles. The topological polar surface area (TPSA) is 50.9 Å². The van der Waals surface area contributed by atoms with Crippen molar-refractivity contribution in [1.29, 1.82) is 0 Å². The SMILES string of the molecule is CCCCCCCCCCCCc1ccc(C)c(-n2nc3ccccc3n2)c1O. The zero-order valence-electron chi connectivity index (χ0n) is 18.0. The molecule has 4 nitrogen and oxygen atoms in total. The van der Waals surface area contributed by atoms with Crippen LogP contribution in [0.1, 0.15) is 82.3 Å². The van der Waals surface area contributed by atoms with Crippen LogP contribution in [0.15, 0.2) is 36.4 Å². The molecule has 1 aromatic heterocycles. The van der Waals surface area contributed by atoms with Gasteiger partial charge in [0.2, 0.25) is 0 Å². The molecule has 0 aliphatic rings. The molecule has 1 heterocycles. The summed E-state index contributed by atoms with van der Waals surface area (Å²) in [4.78, 5) is 1.58. The Morgan fingerprint density at radius 1 is 0.759 bits per heavy atom. The van der Waals surface area contributed by atoms with E-state index < -0.39 is 0 Å². The number of benzene rings is 2. The van der Waals surface area contributed by atoms with Crippen LogP contribution in [0, 0.1) is 6.92 Å². The number of aromatic hydroxyl groups is 1. The Morgan fingerprint density at radius 3 is 1.90 bits per heavy atom. The summed E-state index contributed by atoms with van der Waals surface area (Å²) in [7, 11) is 0. The first kappa shape index (κ1) is 21.4. The van der Waals surface area contributed by atoms with Gasteiger partial charge in [0, 0.05) is 0 Å². The van der Waals surface area contributed by atoms with Gasteiger partial charge < -0.3 is 5.11 Å². The monoisotopic (exact) mass is 393 g/mol. The van der Waals surface area contributed by atoms with E-state index in [4.69, 9.17) is 0 Å². The van der Waals surface area contributed by atoms with Gasteiger partial charge >= 0.3 is 0 Å². The minimum atomic E-state index is 0.321.